The van der Waals surface area contributed by atoms with Gasteiger partial charge in [0, 0.05) is 62.1 Å². The van der Waals surface area contributed by atoms with E-state index in [0.29, 0.717) is 37.7 Å². The minimum absolute atomic E-state index is 0.0284. The van der Waals surface area contributed by atoms with E-state index in [1.54, 1.807) is 23.1 Å². The van der Waals surface area contributed by atoms with Crippen LogP contribution in [0.15, 0.2) is 65.7 Å². The molecule has 1 saturated heterocycles. The molecule has 158 valence electrons. The van der Waals surface area contributed by atoms with Crippen molar-refractivity contribution in [1.82, 2.24) is 34.3 Å². The second kappa shape index (κ2) is 8.19. The number of nitrogens with one attached hydrogen (secondary N) is 1. The molecule has 1 amide bonds. The lowest BCUT2D eigenvalue weighted by Gasteiger charge is -2.34. The first-order valence-corrected chi connectivity index (χ1v) is 10.3. The molecule has 9 heteroatoms. The molecule has 0 radical (unpaired) electrons. The van der Waals surface area contributed by atoms with Crippen LogP contribution in [0.1, 0.15) is 10.5 Å². The minimum atomic E-state index is -0.136. The van der Waals surface area contributed by atoms with Gasteiger partial charge in [-0.2, -0.15) is 5.10 Å². The zero-order valence-corrected chi connectivity index (χ0v) is 17.0. The Morgan fingerprint density at radius 3 is 2.61 bits per heavy atom. The average molecular weight is 417 g/mol. The minimum Gasteiger partial charge on any atom is -0.351 e. The van der Waals surface area contributed by atoms with Crippen LogP contribution < -0.4 is 5.56 Å². The number of hydrogen-bond donors (Lipinski definition) is 1. The Labute approximate surface area is 178 Å². The summed E-state index contributed by atoms with van der Waals surface area (Å²) in [5.41, 5.74) is 1.46. The predicted molar refractivity (Wildman–Crippen MR) is 116 cm³/mol. The van der Waals surface area contributed by atoms with Gasteiger partial charge < -0.3 is 9.88 Å². The lowest BCUT2D eigenvalue weighted by atomic mass is 10.2. The lowest BCUT2D eigenvalue weighted by molar-refractivity contribution is 0.0626. The second-order valence-corrected chi connectivity index (χ2v) is 7.61. The molecule has 5 rings (SSSR count). The molecule has 0 atom stereocenters. The monoisotopic (exact) mass is 417 g/mol. The van der Waals surface area contributed by atoms with E-state index < -0.39 is 0 Å². The summed E-state index contributed by atoms with van der Waals surface area (Å²) in [4.78, 5) is 32.4. The predicted octanol–water partition coefficient (Wildman–Crippen LogP) is 1.37. The molecule has 1 fully saturated rings. The number of piperazine rings is 1. The number of H-pyrrole nitrogens is 1. The summed E-state index contributed by atoms with van der Waals surface area (Å²) in [7, 11) is 0. The van der Waals surface area contributed by atoms with Gasteiger partial charge in [-0.1, -0.05) is 18.2 Å². The molecule has 0 saturated carbocycles. The quantitative estimate of drug-likeness (QED) is 0.530. The van der Waals surface area contributed by atoms with Gasteiger partial charge in [-0.05, 0) is 24.3 Å². The van der Waals surface area contributed by atoms with Gasteiger partial charge in [-0.15, -0.1) is 5.10 Å². The Morgan fingerprint density at radius 1 is 1.00 bits per heavy atom. The number of carbonyl (C=O) groups excluding carboxylic acids is 1. The first kappa shape index (κ1) is 19.3. The van der Waals surface area contributed by atoms with Crippen molar-refractivity contribution in [3.63, 3.8) is 0 Å². The van der Waals surface area contributed by atoms with Crippen molar-refractivity contribution < 1.29 is 4.79 Å². The maximum Gasteiger partial charge on any atom is 0.270 e. The van der Waals surface area contributed by atoms with E-state index >= 15 is 0 Å². The summed E-state index contributed by atoms with van der Waals surface area (Å²) in [6.45, 7) is 4.03. The van der Waals surface area contributed by atoms with Crippen LogP contribution in [0.5, 0.6) is 0 Å². The Hall–Kier alpha value is -3.72. The van der Waals surface area contributed by atoms with Gasteiger partial charge >= 0.3 is 0 Å². The fraction of sp³-hybridized carbons (Fsp3) is 0.273. The summed E-state index contributed by atoms with van der Waals surface area (Å²) in [6, 6.07) is 14.8. The molecule has 3 aromatic heterocycles. The van der Waals surface area contributed by atoms with Gasteiger partial charge in [0.25, 0.3) is 11.5 Å². The third-order valence-electron chi connectivity index (χ3n) is 5.64. The smallest absolute Gasteiger partial charge is 0.270 e. The Morgan fingerprint density at radius 2 is 1.84 bits per heavy atom. The number of para-hydroxylation sites is 1. The van der Waals surface area contributed by atoms with Crippen molar-refractivity contribution in [3.8, 4) is 5.82 Å². The number of aromatic nitrogens is 5. The van der Waals surface area contributed by atoms with Gasteiger partial charge in [0.2, 0.25) is 0 Å². The van der Waals surface area contributed by atoms with Crippen LogP contribution in [0.25, 0.3) is 16.7 Å². The van der Waals surface area contributed by atoms with Gasteiger partial charge in [-0.25, -0.2) is 9.36 Å². The molecule has 1 aliphatic rings. The Bertz CT molecular complexity index is 1220. The van der Waals surface area contributed by atoms with Crippen molar-refractivity contribution in [2.75, 3.05) is 32.7 Å². The van der Waals surface area contributed by atoms with Crippen LogP contribution in [0, 0.1) is 0 Å². The van der Waals surface area contributed by atoms with Crippen LogP contribution in [0.3, 0.4) is 0 Å². The van der Waals surface area contributed by atoms with E-state index in [1.807, 2.05) is 41.3 Å². The maximum atomic E-state index is 12.9. The lowest BCUT2D eigenvalue weighted by Crippen LogP contribution is -2.49. The summed E-state index contributed by atoms with van der Waals surface area (Å²) >= 11 is 0. The normalized spacial score (nSPS) is 14.9. The van der Waals surface area contributed by atoms with E-state index in [-0.39, 0.29) is 11.5 Å². The highest BCUT2D eigenvalue weighted by molar-refractivity contribution is 5.98. The van der Waals surface area contributed by atoms with Crippen molar-refractivity contribution in [2.24, 2.45) is 0 Å². The fourth-order valence-electron chi connectivity index (χ4n) is 3.89. The molecule has 1 aromatic carbocycles. The zero-order chi connectivity index (χ0) is 21.2. The summed E-state index contributed by atoms with van der Waals surface area (Å²) in [5, 5.41) is 9.61. The number of hydrogen-bond acceptors (Lipinski definition) is 5. The van der Waals surface area contributed by atoms with Crippen LogP contribution >= 0.6 is 0 Å². The van der Waals surface area contributed by atoms with Gasteiger partial charge in [0.1, 0.15) is 5.69 Å². The average Bonchev–Trinajstić information content (AvgIpc) is 3.48. The summed E-state index contributed by atoms with van der Waals surface area (Å²) in [5.74, 6) is 0.638. The molecule has 0 aliphatic carbocycles. The molecule has 0 bridgehead atoms. The molecule has 4 aromatic rings. The van der Waals surface area contributed by atoms with E-state index in [1.165, 1.54) is 10.7 Å². The van der Waals surface area contributed by atoms with Crippen molar-refractivity contribution in [2.45, 2.75) is 6.54 Å². The number of nitrogens with zero attached hydrogens (tertiary/aromatic N) is 6. The van der Waals surface area contributed by atoms with E-state index in [0.717, 1.165) is 24.0 Å². The van der Waals surface area contributed by atoms with Crippen molar-refractivity contribution in [1.29, 1.82) is 0 Å². The zero-order valence-electron chi connectivity index (χ0n) is 17.0. The number of carbonyl (C=O) groups is 1. The SMILES string of the molecule is O=C(c1cc2ccccc2[nH]1)N1CCN(CCn2nc(-n3cccn3)ccc2=O)CC1. The van der Waals surface area contributed by atoms with Gasteiger partial charge in [-0.3, -0.25) is 14.5 Å². The van der Waals surface area contributed by atoms with Crippen molar-refractivity contribution in [3.05, 3.63) is 77.0 Å². The molecular weight excluding hydrogens is 394 g/mol. The largest absolute Gasteiger partial charge is 0.351 e. The Kier molecular flexibility index (Phi) is 5.09. The number of aromatic amines is 1. The number of fused-ring (bicyclic) bond motifs is 1. The standard InChI is InChI=1S/C22H23N7O2/c30-21-7-6-20(28-9-3-8-23-28)25-29(21)15-12-26-10-13-27(14-11-26)22(31)19-16-17-4-1-2-5-18(17)24-19/h1-9,16,24H,10-15H2. The maximum absolute atomic E-state index is 12.9. The van der Waals surface area contributed by atoms with Gasteiger partial charge in [0.05, 0.1) is 6.54 Å². The molecule has 0 unspecified atom stereocenters. The Balaban J connectivity index is 1.18. The third-order valence-corrected chi connectivity index (χ3v) is 5.64. The molecule has 4 heterocycles. The van der Waals surface area contributed by atoms with E-state index in [2.05, 4.69) is 20.1 Å². The van der Waals surface area contributed by atoms with Crippen molar-refractivity contribution >= 4 is 16.8 Å². The summed E-state index contributed by atoms with van der Waals surface area (Å²) in [6.07, 6.45) is 3.47. The van der Waals surface area contributed by atoms with Crippen LogP contribution in [-0.4, -0.2) is 73.0 Å². The van der Waals surface area contributed by atoms with Gasteiger partial charge in [0.15, 0.2) is 5.82 Å². The number of benzene rings is 1. The molecule has 9 nitrogen and oxygen atoms in total. The highest BCUT2D eigenvalue weighted by Gasteiger charge is 2.23. The number of amides is 1. The molecular formula is C22H23N7O2. The first-order valence-electron chi connectivity index (χ1n) is 10.3. The highest BCUT2D eigenvalue weighted by Crippen LogP contribution is 2.17. The third kappa shape index (κ3) is 3.99. The topological polar surface area (TPSA) is 92.1 Å². The molecule has 31 heavy (non-hydrogen) atoms. The molecule has 0 spiro atoms. The van der Waals surface area contributed by atoms with Crippen LogP contribution in [0.2, 0.25) is 0 Å². The highest BCUT2D eigenvalue weighted by atomic mass is 16.2. The van der Waals surface area contributed by atoms with E-state index in [9.17, 15) is 9.59 Å². The molecule has 1 N–H and O–H groups in total. The van der Waals surface area contributed by atoms with Crippen LogP contribution in [0.4, 0.5) is 0 Å². The molecule has 1 aliphatic heterocycles. The number of rotatable bonds is 5. The van der Waals surface area contributed by atoms with E-state index in [4.69, 9.17) is 0 Å². The second-order valence-electron chi connectivity index (χ2n) is 7.61. The fourth-order valence-corrected chi connectivity index (χ4v) is 3.89. The summed E-state index contributed by atoms with van der Waals surface area (Å²) < 4.78 is 3.10. The van der Waals surface area contributed by atoms with Crippen LogP contribution in [-0.2, 0) is 6.54 Å². The first-order chi connectivity index (χ1) is 15.2.